The van der Waals surface area contributed by atoms with E-state index in [-0.39, 0.29) is 12.3 Å². The summed E-state index contributed by atoms with van der Waals surface area (Å²) in [6.45, 7) is 8.04. The number of carbonyl (C=O) groups excluding carboxylic acids is 1. The van der Waals surface area contributed by atoms with Gasteiger partial charge < -0.3 is 19.5 Å². The van der Waals surface area contributed by atoms with Crippen LogP contribution in [0.25, 0.3) is 11.3 Å². The van der Waals surface area contributed by atoms with Gasteiger partial charge in [-0.15, -0.1) is 0 Å². The van der Waals surface area contributed by atoms with Crippen LogP contribution in [0.2, 0.25) is 0 Å². The van der Waals surface area contributed by atoms with E-state index in [1.54, 1.807) is 13.2 Å². The Kier molecular flexibility index (Phi) is 7.47. The van der Waals surface area contributed by atoms with E-state index in [1.807, 2.05) is 24.3 Å². The molecule has 0 aliphatic rings. The second-order valence-electron chi connectivity index (χ2n) is 5.82. The molecule has 0 saturated heterocycles. The van der Waals surface area contributed by atoms with Crippen molar-refractivity contribution in [3.05, 3.63) is 36.0 Å². The maximum atomic E-state index is 12.0. The maximum Gasteiger partial charge on any atom is 0.226 e. The van der Waals surface area contributed by atoms with Gasteiger partial charge >= 0.3 is 0 Å². The van der Waals surface area contributed by atoms with Crippen LogP contribution in [0.3, 0.4) is 0 Å². The molecule has 6 heteroatoms. The van der Waals surface area contributed by atoms with Crippen molar-refractivity contribution in [3.8, 4) is 17.1 Å². The fraction of sp³-hybridized carbons (Fsp3) is 0.474. The van der Waals surface area contributed by atoms with Crippen LogP contribution >= 0.6 is 0 Å². The summed E-state index contributed by atoms with van der Waals surface area (Å²) < 4.78 is 10.6. The molecule has 2 rings (SSSR count). The molecule has 1 amide bonds. The number of methoxy groups -OCH3 is 1. The zero-order valence-corrected chi connectivity index (χ0v) is 15.2. The summed E-state index contributed by atoms with van der Waals surface area (Å²) in [7, 11) is 1.62. The second-order valence-corrected chi connectivity index (χ2v) is 5.82. The van der Waals surface area contributed by atoms with Gasteiger partial charge in [0.2, 0.25) is 5.91 Å². The fourth-order valence-electron chi connectivity index (χ4n) is 2.60. The smallest absolute Gasteiger partial charge is 0.226 e. The molecule has 0 aliphatic heterocycles. The van der Waals surface area contributed by atoms with E-state index in [0.29, 0.717) is 18.0 Å². The summed E-state index contributed by atoms with van der Waals surface area (Å²) in [5.74, 6) is 1.34. The lowest BCUT2D eigenvalue weighted by atomic mass is 10.1. The summed E-state index contributed by atoms with van der Waals surface area (Å²) in [5, 5.41) is 6.92. The highest BCUT2D eigenvalue weighted by molar-refractivity contribution is 5.78. The standard InChI is InChI=1S/C19H27N3O3/c1-4-22(5-2)11-7-10-20-19(23)14-16-13-18(25-21-16)15-8-6-9-17(12-15)24-3/h6,8-9,12-13H,4-5,7,10-11,14H2,1-3H3,(H,20,23). The lowest BCUT2D eigenvalue weighted by Crippen LogP contribution is -2.30. The average molecular weight is 345 g/mol. The minimum atomic E-state index is -0.0370. The fourth-order valence-corrected chi connectivity index (χ4v) is 2.60. The van der Waals surface area contributed by atoms with Crippen molar-refractivity contribution >= 4 is 5.91 Å². The van der Waals surface area contributed by atoms with Gasteiger partial charge in [0.05, 0.1) is 19.2 Å². The number of nitrogens with one attached hydrogen (secondary N) is 1. The van der Waals surface area contributed by atoms with Gasteiger partial charge in [-0.05, 0) is 38.2 Å². The average Bonchev–Trinajstić information content (AvgIpc) is 3.10. The number of benzene rings is 1. The van der Waals surface area contributed by atoms with Crippen molar-refractivity contribution in [1.82, 2.24) is 15.4 Å². The number of hydrogen-bond acceptors (Lipinski definition) is 5. The summed E-state index contributed by atoms with van der Waals surface area (Å²) in [4.78, 5) is 14.4. The number of ether oxygens (including phenoxy) is 1. The minimum absolute atomic E-state index is 0.0370. The SMILES string of the molecule is CCN(CC)CCCNC(=O)Cc1cc(-c2cccc(OC)c2)on1. The molecule has 0 saturated carbocycles. The van der Waals surface area contributed by atoms with E-state index in [9.17, 15) is 4.79 Å². The Labute approximate surface area is 149 Å². The molecule has 6 nitrogen and oxygen atoms in total. The minimum Gasteiger partial charge on any atom is -0.497 e. The number of aromatic nitrogens is 1. The van der Waals surface area contributed by atoms with Gasteiger partial charge in [0, 0.05) is 18.2 Å². The van der Waals surface area contributed by atoms with E-state index in [2.05, 4.69) is 29.2 Å². The van der Waals surface area contributed by atoms with Gasteiger partial charge in [-0.1, -0.05) is 31.1 Å². The number of amides is 1. The van der Waals surface area contributed by atoms with Crippen LogP contribution < -0.4 is 10.1 Å². The molecular formula is C19H27N3O3. The molecule has 0 atom stereocenters. The van der Waals surface area contributed by atoms with Crippen LogP contribution in [0.4, 0.5) is 0 Å². The van der Waals surface area contributed by atoms with E-state index < -0.39 is 0 Å². The molecule has 0 unspecified atom stereocenters. The van der Waals surface area contributed by atoms with Crippen molar-refractivity contribution in [2.45, 2.75) is 26.7 Å². The molecule has 1 aromatic carbocycles. The van der Waals surface area contributed by atoms with Crippen LogP contribution in [-0.2, 0) is 11.2 Å². The molecule has 0 bridgehead atoms. The van der Waals surface area contributed by atoms with Crippen molar-refractivity contribution in [2.24, 2.45) is 0 Å². The summed E-state index contributed by atoms with van der Waals surface area (Å²) in [5.41, 5.74) is 1.50. The van der Waals surface area contributed by atoms with E-state index in [0.717, 1.165) is 37.4 Å². The molecule has 0 aliphatic carbocycles. The van der Waals surface area contributed by atoms with Crippen LogP contribution in [0.1, 0.15) is 26.0 Å². The first-order valence-electron chi connectivity index (χ1n) is 8.75. The molecular weight excluding hydrogens is 318 g/mol. The van der Waals surface area contributed by atoms with Crippen molar-refractivity contribution < 1.29 is 14.1 Å². The topological polar surface area (TPSA) is 67.6 Å². The quantitative estimate of drug-likeness (QED) is 0.671. The van der Waals surface area contributed by atoms with E-state index in [1.165, 1.54) is 0 Å². The molecule has 1 heterocycles. The molecule has 0 fully saturated rings. The lowest BCUT2D eigenvalue weighted by molar-refractivity contribution is -0.120. The number of nitrogens with zero attached hydrogens (tertiary/aromatic N) is 2. The monoisotopic (exact) mass is 345 g/mol. The molecule has 136 valence electrons. The Hall–Kier alpha value is -2.34. The molecule has 0 radical (unpaired) electrons. The van der Waals surface area contributed by atoms with Gasteiger partial charge in [-0.3, -0.25) is 4.79 Å². The summed E-state index contributed by atoms with van der Waals surface area (Å²) >= 11 is 0. The third kappa shape index (κ3) is 5.90. The highest BCUT2D eigenvalue weighted by atomic mass is 16.5. The van der Waals surface area contributed by atoms with Gasteiger partial charge in [-0.2, -0.15) is 0 Å². The van der Waals surface area contributed by atoms with Crippen molar-refractivity contribution in [3.63, 3.8) is 0 Å². The zero-order chi connectivity index (χ0) is 18.1. The first kappa shape index (κ1) is 19.0. The van der Waals surface area contributed by atoms with Crippen molar-refractivity contribution in [2.75, 3.05) is 33.3 Å². The predicted molar refractivity (Wildman–Crippen MR) is 97.6 cm³/mol. The Morgan fingerprint density at radius 1 is 1.28 bits per heavy atom. The van der Waals surface area contributed by atoms with Crippen LogP contribution in [-0.4, -0.2) is 49.3 Å². The third-order valence-electron chi connectivity index (χ3n) is 4.12. The second kappa shape index (κ2) is 9.84. The van der Waals surface area contributed by atoms with Gasteiger partial charge in [0.1, 0.15) is 5.75 Å². The Bertz CT molecular complexity index is 665. The lowest BCUT2D eigenvalue weighted by Gasteiger charge is -2.17. The van der Waals surface area contributed by atoms with E-state index in [4.69, 9.17) is 9.26 Å². The van der Waals surface area contributed by atoms with Crippen LogP contribution in [0, 0.1) is 0 Å². The zero-order valence-electron chi connectivity index (χ0n) is 15.2. The first-order valence-corrected chi connectivity index (χ1v) is 8.75. The molecule has 25 heavy (non-hydrogen) atoms. The first-order chi connectivity index (χ1) is 12.2. The van der Waals surface area contributed by atoms with Crippen molar-refractivity contribution in [1.29, 1.82) is 0 Å². The maximum absolute atomic E-state index is 12.0. The largest absolute Gasteiger partial charge is 0.497 e. The Balaban J connectivity index is 1.81. The molecule has 1 N–H and O–H groups in total. The highest BCUT2D eigenvalue weighted by Gasteiger charge is 2.11. The van der Waals surface area contributed by atoms with Gasteiger partial charge in [-0.25, -0.2) is 0 Å². The number of hydrogen-bond donors (Lipinski definition) is 1. The summed E-state index contributed by atoms with van der Waals surface area (Å²) in [6, 6.07) is 9.34. The molecule has 0 spiro atoms. The predicted octanol–water partition coefficient (Wildman–Crippen LogP) is 2.74. The van der Waals surface area contributed by atoms with Crippen LogP contribution in [0.5, 0.6) is 5.75 Å². The Morgan fingerprint density at radius 3 is 2.80 bits per heavy atom. The Morgan fingerprint density at radius 2 is 2.08 bits per heavy atom. The molecule has 1 aromatic heterocycles. The van der Waals surface area contributed by atoms with Crippen LogP contribution in [0.15, 0.2) is 34.9 Å². The van der Waals surface area contributed by atoms with Gasteiger partial charge in [0.15, 0.2) is 5.76 Å². The third-order valence-corrected chi connectivity index (χ3v) is 4.12. The summed E-state index contributed by atoms with van der Waals surface area (Å²) in [6.07, 6.45) is 1.17. The number of carbonyl (C=O) groups is 1. The normalized spacial score (nSPS) is 10.9. The van der Waals surface area contributed by atoms with Gasteiger partial charge in [0.25, 0.3) is 0 Å². The molecule has 2 aromatic rings. The van der Waals surface area contributed by atoms with E-state index >= 15 is 0 Å². The number of rotatable bonds is 10. The highest BCUT2D eigenvalue weighted by Crippen LogP contribution is 2.24.